The van der Waals surface area contributed by atoms with E-state index < -0.39 is 28.9 Å². The Morgan fingerprint density at radius 2 is 2.05 bits per heavy atom. The van der Waals surface area contributed by atoms with E-state index in [1.165, 1.54) is 18.5 Å². The van der Waals surface area contributed by atoms with Gasteiger partial charge >= 0.3 is 11.7 Å². The third-order valence-electron chi connectivity index (χ3n) is 3.17. The molecular formula is C12H18N4O6. The molecule has 0 aliphatic carbocycles. The van der Waals surface area contributed by atoms with E-state index in [1.54, 1.807) is 0 Å². The number of carbonyl (C=O) groups excluding carboxylic acids is 1. The van der Waals surface area contributed by atoms with Gasteiger partial charge in [0.05, 0.1) is 18.0 Å². The summed E-state index contributed by atoms with van der Waals surface area (Å²) >= 11 is 0. The van der Waals surface area contributed by atoms with Crippen LogP contribution in [0.5, 0.6) is 0 Å². The molecule has 0 aromatic carbocycles. The summed E-state index contributed by atoms with van der Waals surface area (Å²) in [5.41, 5.74) is -1.54. The Balaban J connectivity index is 2.61. The quantitative estimate of drug-likeness (QED) is 0.464. The number of nitrogens with one attached hydrogen (secondary N) is 1. The molecule has 0 aliphatic rings. The number of hydrogen-bond donors (Lipinski definition) is 3. The van der Waals surface area contributed by atoms with Gasteiger partial charge in [-0.1, -0.05) is 0 Å². The Kier molecular flexibility index (Phi) is 5.20. The fourth-order valence-corrected chi connectivity index (χ4v) is 1.81. The molecule has 0 aliphatic heterocycles. The van der Waals surface area contributed by atoms with Crippen LogP contribution in [0.4, 0.5) is 5.69 Å². The summed E-state index contributed by atoms with van der Waals surface area (Å²) in [6, 6.07) is 0. The van der Waals surface area contributed by atoms with E-state index in [0.29, 0.717) is 5.69 Å². The van der Waals surface area contributed by atoms with Crippen LogP contribution >= 0.6 is 0 Å². The molecule has 0 fully saturated rings. The molecule has 122 valence electrons. The molecule has 1 unspecified atom stereocenters. The smallest absolute Gasteiger partial charge is 0.337 e. The van der Waals surface area contributed by atoms with E-state index in [9.17, 15) is 24.8 Å². The average Bonchev–Trinajstić information content (AvgIpc) is 2.68. The minimum absolute atomic E-state index is 0.0468. The third kappa shape index (κ3) is 4.01. The van der Waals surface area contributed by atoms with Crippen molar-refractivity contribution < 1.29 is 24.7 Å². The maximum Gasteiger partial charge on any atom is 0.337 e. The molecular weight excluding hydrogens is 296 g/mol. The summed E-state index contributed by atoms with van der Waals surface area (Å²) in [6.45, 7) is 3.79. The minimum atomic E-state index is -2.05. The SMILES string of the molecule is Cc1nn(CCC(=O)NCC(C)(O)C(=O)O)c(C)c1[N+](=O)[O-]. The van der Waals surface area contributed by atoms with Gasteiger partial charge in [-0.15, -0.1) is 0 Å². The molecule has 1 amide bonds. The molecule has 0 spiro atoms. The molecule has 22 heavy (non-hydrogen) atoms. The van der Waals surface area contributed by atoms with E-state index in [4.69, 9.17) is 5.11 Å². The summed E-state index contributed by atoms with van der Waals surface area (Å²) < 4.78 is 1.35. The first-order valence-electron chi connectivity index (χ1n) is 6.47. The molecule has 1 aromatic heterocycles. The van der Waals surface area contributed by atoms with Crippen LogP contribution in [0.15, 0.2) is 0 Å². The zero-order valence-electron chi connectivity index (χ0n) is 12.5. The summed E-state index contributed by atoms with van der Waals surface area (Å²) in [7, 11) is 0. The molecule has 1 atom stereocenters. The number of carbonyl (C=O) groups is 2. The molecule has 0 bridgehead atoms. The van der Waals surface area contributed by atoms with Crippen molar-refractivity contribution in [2.45, 2.75) is 39.3 Å². The fourth-order valence-electron chi connectivity index (χ4n) is 1.81. The molecule has 0 saturated heterocycles. The Labute approximate surface area is 125 Å². The van der Waals surface area contributed by atoms with Gasteiger partial charge in [-0.2, -0.15) is 5.10 Å². The van der Waals surface area contributed by atoms with Gasteiger partial charge in [-0.05, 0) is 20.8 Å². The number of carboxylic acids is 1. The lowest BCUT2D eigenvalue weighted by Gasteiger charge is -2.18. The highest BCUT2D eigenvalue weighted by Gasteiger charge is 2.30. The van der Waals surface area contributed by atoms with Crippen LogP contribution in [0.3, 0.4) is 0 Å². The predicted octanol–water partition coefficient (Wildman–Crippen LogP) is -0.250. The number of aryl methyl sites for hydroxylation is 2. The first kappa shape index (κ1) is 17.6. The van der Waals surface area contributed by atoms with E-state index >= 15 is 0 Å². The van der Waals surface area contributed by atoms with Crippen molar-refractivity contribution in [3.8, 4) is 0 Å². The van der Waals surface area contributed by atoms with Crippen molar-refractivity contribution in [1.29, 1.82) is 0 Å². The zero-order chi connectivity index (χ0) is 17.1. The minimum Gasteiger partial charge on any atom is -0.479 e. The van der Waals surface area contributed by atoms with Gasteiger partial charge in [0.25, 0.3) is 0 Å². The number of nitrogens with zero attached hydrogens (tertiary/aromatic N) is 3. The third-order valence-corrected chi connectivity index (χ3v) is 3.17. The summed E-state index contributed by atoms with van der Waals surface area (Å²) in [5, 5.41) is 35.3. The van der Waals surface area contributed by atoms with E-state index in [-0.39, 0.29) is 24.3 Å². The highest BCUT2D eigenvalue weighted by Crippen LogP contribution is 2.21. The predicted molar refractivity (Wildman–Crippen MR) is 74.2 cm³/mol. The lowest BCUT2D eigenvalue weighted by atomic mass is 10.1. The number of aliphatic carboxylic acids is 1. The number of rotatable bonds is 7. The second-order valence-corrected chi connectivity index (χ2v) is 5.11. The molecule has 10 nitrogen and oxygen atoms in total. The van der Waals surface area contributed by atoms with Gasteiger partial charge in [0.15, 0.2) is 5.60 Å². The van der Waals surface area contributed by atoms with Gasteiger partial charge in [0, 0.05) is 6.42 Å². The van der Waals surface area contributed by atoms with Crippen LogP contribution in [0, 0.1) is 24.0 Å². The largest absolute Gasteiger partial charge is 0.479 e. The Bertz CT molecular complexity index is 607. The lowest BCUT2D eigenvalue weighted by molar-refractivity contribution is -0.386. The van der Waals surface area contributed by atoms with Gasteiger partial charge in [-0.3, -0.25) is 19.6 Å². The van der Waals surface area contributed by atoms with E-state index in [0.717, 1.165) is 6.92 Å². The molecule has 1 heterocycles. The monoisotopic (exact) mass is 314 g/mol. The van der Waals surface area contributed by atoms with Crippen LogP contribution in [-0.4, -0.2) is 48.9 Å². The number of carboxylic acid groups (broad SMARTS) is 1. The van der Waals surface area contributed by atoms with Gasteiger partial charge < -0.3 is 15.5 Å². The van der Waals surface area contributed by atoms with Gasteiger partial charge in [0.1, 0.15) is 11.4 Å². The van der Waals surface area contributed by atoms with Crippen molar-refractivity contribution in [3.63, 3.8) is 0 Å². The van der Waals surface area contributed by atoms with Crippen LogP contribution < -0.4 is 5.32 Å². The number of hydrogen-bond acceptors (Lipinski definition) is 6. The molecule has 1 aromatic rings. The first-order chi connectivity index (χ1) is 10.1. The van der Waals surface area contributed by atoms with E-state index in [2.05, 4.69) is 10.4 Å². The topological polar surface area (TPSA) is 148 Å². The van der Waals surface area contributed by atoms with Crippen LogP contribution in [0.25, 0.3) is 0 Å². The number of nitro groups is 1. The molecule has 3 N–H and O–H groups in total. The van der Waals surface area contributed by atoms with Gasteiger partial charge in [-0.25, -0.2) is 4.79 Å². The van der Waals surface area contributed by atoms with Crippen LogP contribution in [0.1, 0.15) is 24.7 Å². The maximum atomic E-state index is 11.6. The first-order valence-corrected chi connectivity index (χ1v) is 6.47. The molecule has 0 radical (unpaired) electrons. The van der Waals surface area contributed by atoms with E-state index in [1.807, 2.05) is 0 Å². The molecule has 10 heteroatoms. The van der Waals surface area contributed by atoms with Crippen molar-refractivity contribution >= 4 is 17.6 Å². The second kappa shape index (κ2) is 6.52. The summed E-state index contributed by atoms with van der Waals surface area (Å²) in [5.74, 6) is -1.93. The van der Waals surface area contributed by atoms with Crippen molar-refractivity contribution in [1.82, 2.24) is 15.1 Å². The van der Waals surface area contributed by atoms with Crippen LogP contribution in [-0.2, 0) is 16.1 Å². The van der Waals surface area contributed by atoms with Crippen LogP contribution in [0.2, 0.25) is 0 Å². The Morgan fingerprint density at radius 3 is 2.50 bits per heavy atom. The highest BCUT2D eigenvalue weighted by atomic mass is 16.6. The zero-order valence-corrected chi connectivity index (χ0v) is 12.5. The number of amides is 1. The summed E-state index contributed by atoms with van der Waals surface area (Å²) in [4.78, 5) is 32.6. The fraction of sp³-hybridized carbons (Fsp3) is 0.583. The van der Waals surface area contributed by atoms with Crippen molar-refractivity contribution in [2.75, 3.05) is 6.54 Å². The standard InChI is InChI=1S/C12H18N4O6/c1-7-10(16(21)22)8(2)15(14-7)5-4-9(17)13-6-12(3,20)11(18)19/h20H,4-6H2,1-3H3,(H,13,17)(H,18,19). The lowest BCUT2D eigenvalue weighted by Crippen LogP contribution is -2.46. The molecule has 0 saturated carbocycles. The number of aliphatic hydroxyl groups is 1. The average molecular weight is 314 g/mol. The molecule has 1 rings (SSSR count). The Hall–Kier alpha value is -2.49. The van der Waals surface area contributed by atoms with Crippen molar-refractivity contribution in [3.05, 3.63) is 21.5 Å². The van der Waals surface area contributed by atoms with Crippen molar-refractivity contribution in [2.24, 2.45) is 0 Å². The highest BCUT2D eigenvalue weighted by molar-refractivity contribution is 5.80. The van der Waals surface area contributed by atoms with Gasteiger partial charge in [0.2, 0.25) is 5.91 Å². The second-order valence-electron chi connectivity index (χ2n) is 5.11. The number of aromatic nitrogens is 2. The summed E-state index contributed by atoms with van der Waals surface area (Å²) in [6.07, 6.45) is -0.0468. The normalized spacial score (nSPS) is 13.5. The maximum absolute atomic E-state index is 11.6. The Morgan fingerprint density at radius 1 is 1.45 bits per heavy atom.